The van der Waals surface area contributed by atoms with E-state index in [0.717, 1.165) is 67.5 Å². The molecule has 192 valence electrons. The average Bonchev–Trinajstić information content (AvgIpc) is 3.24. The van der Waals surface area contributed by atoms with Gasteiger partial charge in [-0.3, -0.25) is 4.79 Å². The monoisotopic (exact) mass is 491 g/mol. The summed E-state index contributed by atoms with van der Waals surface area (Å²) in [5.74, 6) is 0.837. The Morgan fingerprint density at radius 2 is 1.69 bits per heavy atom. The summed E-state index contributed by atoms with van der Waals surface area (Å²) in [4.78, 5) is 20.4. The fourth-order valence-corrected chi connectivity index (χ4v) is 4.84. The predicted molar refractivity (Wildman–Crippen MR) is 143 cm³/mol. The summed E-state index contributed by atoms with van der Waals surface area (Å²) in [6.07, 6.45) is 1.10. The second-order valence-electron chi connectivity index (χ2n) is 9.64. The number of aryl methyl sites for hydroxylation is 1. The van der Waals surface area contributed by atoms with Crippen molar-refractivity contribution in [3.05, 3.63) is 77.2 Å². The molecule has 36 heavy (non-hydrogen) atoms. The van der Waals surface area contributed by atoms with Crippen LogP contribution in [0.5, 0.6) is 0 Å². The molecule has 0 saturated carbocycles. The summed E-state index contributed by atoms with van der Waals surface area (Å²) >= 11 is 0. The highest BCUT2D eigenvalue weighted by atomic mass is 19.1. The van der Waals surface area contributed by atoms with Crippen molar-refractivity contribution >= 4 is 11.7 Å². The van der Waals surface area contributed by atoms with Crippen molar-refractivity contribution in [3.8, 4) is 5.69 Å². The van der Waals surface area contributed by atoms with Crippen LogP contribution in [0.4, 0.5) is 10.2 Å². The highest BCUT2D eigenvalue weighted by molar-refractivity contribution is 5.79. The minimum Gasteiger partial charge on any atom is -0.354 e. The molecule has 6 nitrogen and oxygen atoms in total. The highest BCUT2D eigenvalue weighted by Crippen LogP contribution is 2.30. The molecular weight excluding hydrogens is 453 g/mol. The third-order valence-electron chi connectivity index (χ3n) is 7.32. The topological polar surface area (TPSA) is 44.6 Å². The number of likely N-dealkylation sites (N-methyl/N-ethyl adjacent to an activating group) is 1. The van der Waals surface area contributed by atoms with Crippen LogP contribution >= 0.6 is 0 Å². The predicted octanol–water partition coefficient (Wildman–Crippen LogP) is 4.83. The molecule has 1 amide bonds. The van der Waals surface area contributed by atoms with Crippen molar-refractivity contribution < 1.29 is 9.18 Å². The molecule has 1 unspecified atom stereocenters. The van der Waals surface area contributed by atoms with Gasteiger partial charge in [-0.15, -0.1) is 0 Å². The highest BCUT2D eigenvalue weighted by Gasteiger charge is 2.29. The van der Waals surface area contributed by atoms with Gasteiger partial charge in [-0.1, -0.05) is 44.2 Å². The SMILES string of the molecule is CCC(C)N(Cc1c(C)nn(-c2ccccc2)c1N1CCN(CC)CC1)C(=O)Cc1ccc(F)cc1. The zero-order valence-electron chi connectivity index (χ0n) is 22.0. The maximum absolute atomic E-state index is 13.5. The van der Waals surface area contributed by atoms with E-state index in [1.807, 2.05) is 34.7 Å². The number of anilines is 1. The smallest absolute Gasteiger partial charge is 0.227 e. The summed E-state index contributed by atoms with van der Waals surface area (Å²) in [6, 6.07) is 16.5. The molecule has 1 aromatic heterocycles. The molecule has 2 aromatic carbocycles. The van der Waals surface area contributed by atoms with Crippen LogP contribution in [-0.2, 0) is 17.8 Å². The van der Waals surface area contributed by atoms with E-state index in [1.54, 1.807) is 12.1 Å². The van der Waals surface area contributed by atoms with Crippen molar-refractivity contribution in [1.29, 1.82) is 0 Å². The van der Waals surface area contributed by atoms with Gasteiger partial charge in [0.1, 0.15) is 11.6 Å². The van der Waals surface area contributed by atoms with E-state index >= 15 is 0 Å². The van der Waals surface area contributed by atoms with Crippen LogP contribution in [0.15, 0.2) is 54.6 Å². The largest absolute Gasteiger partial charge is 0.354 e. The van der Waals surface area contributed by atoms with Gasteiger partial charge in [0.05, 0.1) is 24.3 Å². The summed E-state index contributed by atoms with van der Waals surface area (Å²) in [5, 5.41) is 4.97. The van der Waals surface area contributed by atoms with E-state index in [9.17, 15) is 9.18 Å². The number of hydrogen-bond donors (Lipinski definition) is 0. The van der Waals surface area contributed by atoms with Crippen LogP contribution in [0.25, 0.3) is 5.69 Å². The number of halogens is 1. The summed E-state index contributed by atoms with van der Waals surface area (Å²) in [6.45, 7) is 13.9. The first kappa shape index (κ1) is 25.9. The van der Waals surface area contributed by atoms with Gasteiger partial charge in [0, 0.05) is 37.8 Å². The molecule has 1 fully saturated rings. The molecule has 0 aliphatic carbocycles. The van der Waals surface area contributed by atoms with Gasteiger partial charge in [-0.25, -0.2) is 9.07 Å². The molecule has 1 aliphatic rings. The number of rotatable bonds is 9. The summed E-state index contributed by atoms with van der Waals surface area (Å²) in [7, 11) is 0. The number of nitrogens with zero attached hydrogens (tertiary/aromatic N) is 5. The van der Waals surface area contributed by atoms with E-state index in [-0.39, 0.29) is 24.2 Å². The van der Waals surface area contributed by atoms with E-state index in [1.165, 1.54) is 12.1 Å². The van der Waals surface area contributed by atoms with E-state index < -0.39 is 0 Å². The lowest BCUT2D eigenvalue weighted by molar-refractivity contribution is -0.133. The van der Waals surface area contributed by atoms with Crippen molar-refractivity contribution in [3.63, 3.8) is 0 Å². The van der Waals surface area contributed by atoms with Crippen molar-refractivity contribution in [1.82, 2.24) is 19.6 Å². The van der Waals surface area contributed by atoms with E-state index in [2.05, 4.69) is 42.7 Å². The molecule has 1 atom stereocenters. The standard InChI is InChI=1S/C29H38FN5O/c1-5-22(3)34(28(36)20-24-12-14-25(30)15-13-24)21-27-23(4)31-35(26-10-8-7-9-11-26)29(27)33-18-16-32(6-2)17-19-33/h7-15,22H,5-6,16-21H2,1-4H3. The molecule has 0 radical (unpaired) electrons. The van der Waals surface area contributed by atoms with E-state index in [0.29, 0.717) is 6.54 Å². The Morgan fingerprint density at radius 3 is 2.31 bits per heavy atom. The van der Waals surface area contributed by atoms with Gasteiger partial charge in [0.15, 0.2) is 0 Å². The molecule has 0 N–H and O–H groups in total. The second kappa shape index (κ2) is 11.7. The molecule has 0 spiro atoms. The van der Waals surface area contributed by atoms with Gasteiger partial charge < -0.3 is 14.7 Å². The quantitative estimate of drug-likeness (QED) is 0.430. The molecule has 3 aromatic rings. The van der Waals surface area contributed by atoms with Crippen LogP contribution < -0.4 is 4.90 Å². The average molecular weight is 492 g/mol. The number of piperazine rings is 1. The number of aromatic nitrogens is 2. The normalized spacial score (nSPS) is 15.2. The van der Waals surface area contributed by atoms with Crippen LogP contribution in [0.3, 0.4) is 0 Å². The van der Waals surface area contributed by atoms with Crippen LogP contribution in [0, 0.1) is 12.7 Å². The van der Waals surface area contributed by atoms with Crippen molar-refractivity contribution in [2.24, 2.45) is 0 Å². The van der Waals surface area contributed by atoms with Crippen LogP contribution in [0.1, 0.15) is 44.0 Å². The zero-order chi connectivity index (χ0) is 25.7. The molecule has 7 heteroatoms. The number of carbonyl (C=O) groups is 1. The van der Waals surface area contributed by atoms with Gasteiger partial charge in [0.2, 0.25) is 5.91 Å². The molecule has 1 saturated heterocycles. The van der Waals surface area contributed by atoms with Gasteiger partial charge in [0.25, 0.3) is 0 Å². The molecular formula is C29H38FN5O. The number of hydrogen-bond acceptors (Lipinski definition) is 4. The molecule has 0 bridgehead atoms. The lowest BCUT2D eigenvalue weighted by Gasteiger charge is -2.37. The fraction of sp³-hybridized carbons (Fsp3) is 0.448. The Kier molecular flexibility index (Phi) is 8.41. The van der Waals surface area contributed by atoms with Crippen LogP contribution in [-0.4, -0.2) is 64.3 Å². The van der Waals surface area contributed by atoms with Gasteiger partial charge in [-0.2, -0.15) is 5.10 Å². The first-order chi connectivity index (χ1) is 17.4. The number of benzene rings is 2. The third-order valence-corrected chi connectivity index (χ3v) is 7.32. The first-order valence-electron chi connectivity index (χ1n) is 13.1. The van der Waals surface area contributed by atoms with Crippen molar-refractivity contribution in [2.75, 3.05) is 37.6 Å². The molecule has 4 rings (SSSR count). The Hall–Kier alpha value is -3.19. The lowest BCUT2D eigenvalue weighted by atomic mass is 10.1. The Bertz CT molecular complexity index is 1140. The van der Waals surface area contributed by atoms with Gasteiger partial charge in [-0.05, 0) is 56.6 Å². The van der Waals surface area contributed by atoms with Crippen molar-refractivity contribution in [2.45, 2.75) is 53.1 Å². The minimum absolute atomic E-state index is 0.0459. The minimum atomic E-state index is -0.290. The Labute approximate surface area is 214 Å². The van der Waals surface area contributed by atoms with Gasteiger partial charge >= 0.3 is 0 Å². The van der Waals surface area contributed by atoms with Crippen LogP contribution in [0.2, 0.25) is 0 Å². The number of amides is 1. The maximum atomic E-state index is 13.5. The summed E-state index contributed by atoms with van der Waals surface area (Å²) in [5.41, 5.74) is 3.88. The van der Waals surface area contributed by atoms with E-state index in [4.69, 9.17) is 5.10 Å². The first-order valence-corrected chi connectivity index (χ1v) is 13.1. The zero-order valence-corrected chi connectivity index (χ0v) is 22.0. The Balaban J connectivity index is 1.69. The second-order valence-corrected chi connectivity index (χ2v) is 9.64. The third kappa shape index (κ3) is 5.78. The fourth-order valence-electron chi connectivity index (χ4n) is 4.84. The lowest BCUT2D eigenvalue weighted by Crippen LogP contribution is -2.47. The number of carbonyl (C=O) groups excluding carboxylic acids is 1. The molecule has 2 heterocycles. The Morgan fingerprint density at radius 1 is 1.03 bits per heavy atom. The molecule has 1 aliphatic heterocycles. The number of para-hydroxylation sites is 1. The maximum Gasteiger partial charge on any atom is 0.227 e. The summed E-state index contributed by atoms with van der Waals surface area (Å²) < 4.78 is 15.4.